The van der Waals surface area contributed by atoms with Crippen molar-refractivity contribution in [3.8, 4) is 16.9 Å². The van der Waals surface area contributed by atoms with E-state index in [1.165, 1.54) is 6.07 Å². The van der Waals surface area contributed by atoms with Crippen LogP contribution in [0.2, 0.25) is 0 Å². The second-order valence-corrected chi connectivity index (χ2v) is 10.4. The molecule has 2 atom stereocenters. The molecule has 0 radical (unpaired) electrons. The molecule has 0 unspecified atom stereocenters. The molecule has 2 aromatic carbocycles. The lowest BCUT2D eigenvalue weighted by molar-refractivity contribution is -0.119. The Morgan fingerprint density at radius 1 is 1.06 bits per heavy atom. The van der Waals surface area contributed by atoms with Crippen molar-refractivity contribution in [1.29, 1.82) is 0 Å². The third kappa shape index (κ3) is 4.26. The highest BCUT2D eigenvalue weighted by molar-refractivity contribution is 7.90. The number of pyridine rings is 2. The lowest BCUT2D eigenvalue weighted by atomic mass is 10.00. The monoisotopic (exact) mass is 461 g/mol. The standard InChI is InChI=1S/C25H23N3O4S/c1-15(19-13-24(29)27-14-19)32-23-12-18(11-22-20(23)4-3-9-26-22)16-5-7-21-17(10-16)6-8-25(28-21)33(2,30)31/h3-12,15,19H,13-14H2,1-2H3,(H,27,29)/t15-,19+/m1/s1. The van der Waals surface area contributed by atoms with Crippen molar-refractivity contribution >= 4 is 37.6 Å². The second kappa shape index (κ2) is 8.12. The number of ether oxygens (including phenoxy) is 1. The minimum Gasteiger partial charge on any atom is -0.490 e. The third-order valence-corrected chi connectivity index (χ3v) is 7.03. The average Bonchev–Trinajstić information content (AvgIpc) is 3.24. The van der Waals surface area contributed by atoms with Gasteiger partial charge in [0.25, 0.3) is 0 Å². The number of carbonyl (C=O) groups is 1. The fraction of sp³-hybridized carbons (Fsp3) is 0.240. The van der Waals surface area contributed by atoms with Crippen LogP contribution in [0, 0.1) is 5.92 Å². The van der Waals surface area contributed by atoms with Crippen molar-refractivity contribution < 1.29 is 17.9 Å². The van der Waals surface area contributed by atoms with E-state index in [9.17, 15) is 13.2 Å². The molecule has 1 aliphatic heterocycles. The number of rotatable bonds is 5. The number of nitrogens with zero attached hydrogens (tertiary/aromatic N) is 2. The molecule has 7 nitrogen and oxygen atoms in total. The van der Waals surface area contributed by atoms with Crippen LogP contribution in [-0.4, -0.2) is 43.2 Å². The van der Waals surface area contributed by atoms with Crippen molar-refractivity contribution in [3.63, 3.8) is 0 Å². The third-order valence-electron chi connectivity index (χ3n) is 6.05. The molecule has 1 amide bonds. The van der Waals surface area contributed by atoms with Crippen LogP contribution < -0.4 is 10.1 Å². The molecule has 1 fully saturated rings. The van der Waals surface area contributed by atoms with Gasteiger partial charge in [0, 0.05) is 42.1 Å². The molecule has 1 aliphatic rings. The van der Waals surface area contributed by atoms with Crippen molar-refractivity contribution in [1.82, 2.24) is 15.3 Å². The summed E-state index contributed by atoms with van der Waals surface area (Å²) in [5.74, 6) is 0.885. The highest BCUT2D eigenvalue weighted by atomic mass is 32.2. The highest BCUT2D eigenvalue weighted by Gasteiger charge is 2.28. The number of fused-ring (bicyclic) bond motifs is 2. The first-order valence-electron chi connectivity index (χ1n) is 10.7. The number of hydrogen-bond acceptors (Lipinski definition) is 6. The Labute approximate surface area is 191 Å². The minimum absolute atomic E-state index is 0.0551. The van der Waals surface area contributed by atoms with Crippen LogP contribution in [-0.2, 0) is 14.6 Å². The number of sulfone groups is 1. The van der Waals surface area contributed by atoms with Crippen LogP contribution in [0.1, 0.15) is 13.3 Å². The van der Waals surface area contributed by atoms with Gasteiger partial charge in [-0.15, -0.1) is 0 Å². The van der Waals surface area contributed by atoms with E-state index >= 15 is 0 Å². The number of nitrogens with one attached hydrogen (secondary N) is 1. The maximum absolute atomic E-state index is 11.8. The SMILES string of the molecule is C[C@@H](Oc1cc(-c2ccc3nc(S(C)(=O)=O)ccc3c2)cc2ncccc12)[C@@H]1CNC(=O)C1. The topological polar surface area (TPSA) is 98.2 Å². The molecule has 0 aliphatic carbocycles. The van der Waals surface area contributed by atoms with E-state index in [0.29, 0.717) is 24.2 Å². The number of amides is 1. The first kappa shape index (κ1) is 21.3. The van der Waals surface area contributed by atoms with E-state index < -0.39 is 9.84 Å². The molecule has 1 N–H and O–H groups in total. The fourth-order valence-corrected chi connectivity index (χ4v) is 4.74. The molecule has 0 spiro atoms. The zero-order valence-electron chi connectivity index (χ0n) is 18.3. The second-order valence-electron chi connectivity index (χ2n) is 8.46. The van der Waals surface area contributed by atoms with Crippen molar-refractivity contribution in [2.75, 3.05) is 12.8 Å². The van der Waals surface area contributed by atoms with E-state index in [4.69, 9.17) is 4.74 Å². The summed E-state index contributed by atoms with van der Waals surface area (Å²) >= 11 is 0. The quantitative estimate of drug-likeness (QED) is 0.486. The van der Waals surface area contributed by atoms with Crippen LogP contribution >= 0.6 is 0 Å². The van der Waals surface area contributed by atoms with Crippen molar-refractivity contribution in [3.05, 3.63) is 60.8 Å². The summed E-state index contributed by atoms with van der Waals surface area (Å²) in [7, 11) is -3.37. The van der Waals surface area contributed by atoms with Gasteiger partial charge in [0.1, 0.15) is 11.9 Å². The Hall–Kier alpha value is -3.52. The predicted molar refractivity (Wildman–Crippen MR) is 127 cm³/mol. The van der Waals surface area contributed by atoms with Crippen LogP contribution in [0.25, 0.3) is 32.9 Å². The van der Waals surface area contributed by atoms with Crippen molar-refractivity contribution in [2.45, 2.75) is 24.5 Å². The Morgan fingerprint density at radius 3 is 2.67 bits per heavy atom. The van der Waals surface area contributed by atoms with Gasteiger partial charge in [-0.3, -0.25) is 9.78 Å². The number of hydrogen-bond donors (Lipinski definition) is 1. The lowest BCUT2D eigenvalue weighted by Crippen LogP contribution is -2.25. The van der Waals surface area contributed by atoms with Gasteiger partial charge in [0.2, 0.25) is 5.91 Å². The summed E-state index contributed by atoms with van der Waals surface area (Å²) in [6, 6.07) is 16.9. The minimum atomic E-state index is -3.37. The zero-order chi connectivity index (χ0) is 23.2. The summed E-state index contributed by atoms with van der Waals surface area (Å²) in [5, 5.41) is 4.67. The summed E-state index contributed by atoms with van der Waals surface area (Å²) in [6.07, 6.45) is 3.22. The molecule has 1 saturated heterocycles. The Morgan fingerprint density at radius 2 is 1.91 bits per heavy atom. The molecule has 8 heteroatoms. The lowest BCUT2D eigenvalue weighted by Gasteiger charge is -2.21. The van der Waals surface area contributed by atoms with E-state index in [2.05, 4.69) is 15.3 Å². The molecule has 4 aromatic rings. The maximum Gasteiger partial charge on any atom is 0.220 e. The fourth-order valence-electron chi connectivity index (χ4n) is 4.16. The summed E-state index contributed by atoms with van der Waals surface area (Å²) in [6.45, 7) is 2.60. The summed E-state index contributed by atoms with van der Waals surface area (Å²) in [5.41, 5.74) is 3.30. The van der Waals surface area contributed by atoms with Gasteiger partial charge < -0.3 is 10.1 Å². The van der Waals surface area contributed by atoms with Gasteiger partial charge in [-0.1, -0.05) is 6.07 Å². The average molecular weight is 462 g/mol. The Bertz CT molecular complexity index is 1500. The van der Waals surface area contributed by atoms with Gasteiger partial charge in [-0.2, -0.15) is 0 Å². The Kier molecular flexibility index (Phi) is 5.25. The summed E-state index contributed by atoms with van der Waals surface area (Å²) in [4.78, 5) is 20.4. The normalized spacial score (nSPS) is 17.3. The molecule has 0 bridgehead atoms. The van der Waals surface area contributed by atoms with Crippen LogP contribution in [0.15, 0.2) is 65.8 Å². The molecule has 168 valence electrons. The first-order valence-corrected chi connectivity index (χ1v) is 12.6. The molecule has 33 heavy (non-hydrogen) atoms. The van der Waals surface area contributed by atoms with E-state index in [1.807, 2.05) is 49.4 Å². The smallest absolute Gasteiger partial charge is 0.220 e. The van der Waals surface area contributed by atoms with Gasteiger partial charge >= 0.3 is 0 Å². The molecular weight excluding hydrogens is 438 g/mol. The Balaban J connectivity index is 1.55. The molecular formula is C25H23N3O4S. The van der Waals surface area contributed by atoms with E-state index in [1.54, 1.807) is 12.3 Å². The highest BCUT2D eigenvalue weighted by Crippen LogP contribution is 2.34. The molecule has 3 heterocycles. The van der Waals surface area contributed by atoms with Gasteiger partial charge in [-0.05, 0) is 66.6 Å². The van der Waals surface area contributed by atoms with Crippen molar-refractivity contribution in [2.24, 2.45) is 5.92 Å². The predicted octanol–water partition coefficient (Wildman–Crippen LogP) is 3.76. The zero-order valence-corrected chi connectivity index (χ0v) is 19.1. The summed E-state index contributed by atoms with van der Waals surface area (Å²) < 4.78 is 30.0. The van der Waals surface area contributed by atoms with Gasteiger partial charge in [0.15, 0.2) is 14.9 Å². The van der Waals surface area contributed by atoms with Gasteiger partial charge in [0.05, 0.1) is 11.0 Å². The molecule has 0 saturated carbocycles. The number of aromatic nitrogens is 2. The maximum atomic E-state index is 11.8. The largest absolute Gasteiger partial charge is 0.490 e. The molecule has 2 aromatic heterocycles. The number of benzene rings is 2. The van der Waals surface area contributed by atoms with E-state index in [-0.39, 0.29) is 23.0 Å². The molecule has 5 rings (SSSR count). The van der Waals surface area contributed by atoms with Crippen LogP contribution in [0.5, 0.6) is 5.75 Å². The van der Waals surface area contributed by atoms with Crippen LogP contribution in [0.4, 0.5) is 0 Å². The number of carbonyl (C=O) groups excluding carboxylic acids is 1. The van der Waals surface area contributed by atoms with E-state index in [0.717, 1.165) is 33.7 Å². The van der Waals surface area contributed by atoms with Gasteiger partial charge in [-0.25, -0.2) is 13.4 Å². The van der Waals surface area contributed by atoms with Crippen LogP contribution in [0.3, 0.4) is 0 Å². The first-order chi connectivity index (χ1) is 15.8.